The molecule has 1 N–H and O–H groups in total. The van der Waals surface area contributed by atoms with E-state index < -0.39 is 0 Å². The summed E-state index contributed by atoms with van der Waals surface area (Å²) in [5.74, 6) is 0.919. The van der Waals surface area contributed by atoms with Crippen LogP contribution in [0.1, 0.15) is 105 Å². The van der Waals surface area contributed by atoms with Crippen LogP contribution in [-0.4, -0.2) is 12.6 Å². The molecule has 0 saturated heterocycles. The monoisotopic (exact) mass is 295 g/mol. The van der Waals surface area contributed by atoms with Gasteiger partial charge in [-0.05, 0) is 43.6 Å². The zero-order chi connectivity index (χ0) is 15.6. The van der Waals surface area contributed by atoms with Gasteiger partial charge in [-0.2, -0.15) is 0 Å². The van der Waals surface area contributed by atoms with Crippen LogP contribution in [0, 0.1) is 11.3 Å². The molecule has 2 unspecified atom stereocenters. The Morgan fingerprint density at radius 1 is 0.857 bits per heavy atom. The van der Waals surface area contributed by atoms with Crippen molar-refractivity contribution >= 4 is 0 Å². The predicted octanol–water partition coefficient (Wildman–Crippen LogP) is 6.32. The molecule has 1 nitrogen and oxygen atoms in total. The molecule has 1 rings (SSSR count). The van der Waals surface area contributed by atoms with E-state index in [1.165, 1.54) is 83.6 Å². The van der Waals surface area contributed by atoms with E-state index in [9.17, 15) is 0 Å². The minimum absolute atomic E-state index is 0.499. The van der Waals surface area contributed by atoms with Gasteiger partial charge in [-0.25, -0.2) is 0 Å². The topological polar surface area (TPSA) is 12.0 Å². The van der Waals surface area contributed by atoms with Crippen molar-refractivity contribution < 1.29 is 0 Å². The van der Waals surface area contributed by atoms with E-state index in [1.807, 2.05) is 0 Å². The van der Waals surface area contributed by atoms with Crippen LogP contribution in [0.2, 0.25) is 0 Å². The predicted molar refractivity (Wildman–Crippen MR) is 95.8 cm³/mol. The van der Waals surface area contributed by atoms with Crippen molar-refractivity contribution in [1.29, 1.82) is 0 Å². The van der Waals surface area contributed by atoms with Gasteiger partial charge >= 0.3 is 0 Å². The number of nitrogens with one attached hydrogen (secondary N) is 1. The Kier molecular flexibility index (Phi) is 9.64. The Balaban J connectivity index is 1.97. The second-order valence-corrected chi connectivity index (χ2v) is 8.36. The highest BCUT2D eigenvalue weighted by Crippen LogP contribution is 2.37. The van der Waals surface area contributed by atoms with E-state index in [4.69, 9.17) is 0 Å². The number of hydrogen-bond donors (Lipinski definition) is 1. The molecule has 2 atom stereocenters. The van der Waals surface area contributed by atoms with Crippen LogP contribution in [0.4, 0.5) is 0 Å². The first-order valence-electron chi connectivity index (χ1n) is 9.77. The maximum absolute atomic E-state index is 3.83. The molecule has 1 fully saturated rings. The molecule has 0 aliphatic heterocycles. The van der Waals surface area contributed by atoms with Gasteiger partial charge in [0.1, 0.15) is 0 Å². The van der Waals surface area contributed by atoms with E-state index >= 15 is 0 Å². The Labute approximate surface area is 134 Å². The first kappa shape index (κ1) is 19.0. The minimum atomic E-state index is 0.499. The highest BCUT2D eigenvalue weighted by molar-refractivity contribution is 4.84. The van der Waals surface area contributed by atoms with Crippen molar-refractivity contribution in [2.24, 2.45) is 11.3 Å². The molecule has 0 aromatic rings. The van der Waals surface area contributed by atoms with Crippen LogP contribution in [0.15, 0.2) is 0 Å². The average molecular weight is 296 g/mol. The summed E-state index contributed by atoms with van der Waals surface area (Å²) in [7, 11) is 0. The summed E-state index contributed by atoms with van der Waals surface area (Å²) in [5.41, 5.74) is 0.499. The van der Waals surface area contributed by atoms with Crippen LogP contribution >= 0.6 is 0 Å². The van der Waals surface area contributed by atoms with E-state index in [0.717, 1.165) is 12.0 Å². The molecule has 126 valence electrons. The SMILES string of the molecule is CCCCCCCCCCNC1CCCC(C(C)(C)C)C1. The van der Waals surface area contributed by atoms with Crippen molar-refractivity contribution in [3.05, 3.63) is 0 Å². The Hall–Kier alpha value is -0.0400. The van der Waals surface area contributed by atoms with Gasteiger partial charge in [0.2, 0.25) is 0 Å². The van der Waals surface area contributed by atoms with E-state index in [-0.39, 0.29) is 0 Å². The molecule has 1 aliphatic carbocycles. The van der Waals surface area contributed by atoms with Crippen LogP contribution in [0.25, 0.3) is 0 Å². The highest BCUT2D eigenvalue weighted by Gasteiger charge is 2.30. The molecule has 1 aliphatic rings. The fraction of sp³-hybridized carbons (Fsp3) is 1.00. The molecule has 0 heterocycles. The molecule has 0 amide bonds. The van der Waals surface area contributed by atoms with Gasteiger partial charge in [0.05, 0.1) is 0 Å². The molecule has 21 heavy (non-hydrogen) atoms. The molecule has 1 heteroatoms. The summed E-state index contributed by atoms with van der Waals surface area (Å²) in [6.07, 6.45) is 17.1. The van der Waals surface area contributed by atoms with E-state index in [1.54, 1.807) is 0 Å². The number of hydrogen-bond acceptors (Lipinski definition) is 1. The lowest BCUT2D eigenvalue weighted by molar-refractivity contribution is 0.154. The number of unbranched alkanes of at least 4 members (excludes halogenated alkanes) is 7. The Bertz CT molecular complexity index is 241. The van der Waals surface area contributed by atoms with Gasteiger partial charge < -0.3 is 5.32 Å². The van der Waals surface area contributed by atoms with Gasteiger partial charge in [0.15, 0.2) is 0 Å². The zero-order valence-electron chi connectivity index (χ0n) is 15.3. The summed E-state index contributed by atoms with van der Waals surface area (Å²) < 4.78 is 0. The van der Waals surface area contributed by atoms with Crippen molar-refractivity contribution in [3.8, 4) is 0 Å². The molecule has 0 radical (unpaired) electrons. The molecule has 0 aromatic heterocycles. The largest absolute Gasteiger partial charge is 0.314 e. The fourth-order valence-corrected chi connectivity index (χ4v) is 3.73. The van der Waals surface area contributed by atoms with Crippen molar-refractivity contribution in [2.45, 2.75) is 111 Å². The van der Waals surface area contributed by atoms with Gasteiger partial charge in [0, 0.05) is 6.04 Å². The van der Waals surface area contributed by atoms with E-state index in [0.29, 0.717) is 5.41 Å². The maximum atomic E-state index is 3.83. The average Bonchev–Trinajstić information content (AvgIpc) is 2.45. The van der Waals surface area contributed by atoms with Gasteiger partial charge in [-0.15, -0.1) is 0 Å². The normalized spacial score (nSPS) is 23.4. The lowest BCUT2D eigenvalue weighted by atomic mass is 9.71. The summed E-state index contributed by atoms with van der Waals surface area (Å²) in [4.78, 5) is 0. The first-order chi connectivity index (χ1) is 10.0. The third kappa shape index (κ3) is 8.86. The molecule has 0 bridgehead atoms. The number of rotatable bonds is 10. The van der Waals surface area contributed by atoms with Crippen LogP contribution in [0.5, 0.6) is 0 Å². The maximum Gasteiger partial charge on any atom is 0.00699 e. The van der Waals surface area contributed by atoms with Crippen molar-refractivity contribution in [3.63, 3.8) is 0 Å². The van der Waals surface area contributed by atoms with Crippen molar-refractivity contribution in [1.82, 2.24) is 5.32 Å². The second kappa shape index (κ2) is 10.6. The smallest absolute Gasteiger partial charge is 0.00699 e. The van der Waals surface area contributed by atoms with E-state index in [2.05, 4.69) is 33.0 Å². The molecular formula is C20H41N. The van der Waals surface area contributed by atoms with Gasteiger partial charge in [0.25, 0.3) is 0 Å². The quantitative estimate of drug-likeness (QED) is 0.465. The fourth-order valence-electron chi connectivity index (χ4n) is 3.73. The highest BCUT2D eigenvalue weighted by atomic mass is 14.9. The van der Waals surface area contributed by atoms with Crippen molar-refractivity contribution in [2.75, 3.05) is 6.54 Å². The third-order valence-corrected chi connectivity index (χ3v) is 5.36. The summed E-state index contributed by atoms with van der Waals surface area (Å²) in [6.45, 7) is 10.8. The molecule has 1 saturated carbocycles. The zero-order valence-corrected chi connectivity index (χ0v) is 15.3. The summed E-state index contributed by atoms with van der Waals surface area (Å²) in [6, 6.07) is 0.799. The first-order valence-corrected chi connectivity index (χ1v) is 9.77. The third-order valence-electron chi connectivity index (χ3n) is 5.36. The van der Waals surface area contributed by atoms with Crippen LogP contribution < -0.4 is 5.32 Å². The summed E-state index contributed by atoms with van der Waals surface area (Å²) in [5, 5.41) is 3.83. The Morgan fingerprint density at radius 3 is 2.10 bits per heavy atom. The molecular weight excluding hydrogens is 254 g/mol. The van der Waals surface area contributed by atoms with Gasteiger partial charge in [-0.1, -0.05) is 79.1 Å². The standard InChI is InChI=1S/C20H41N/c1-5-6-7-8-9-10-11-12-16-21-19-15-13-14-18(17-19)20(2,3)4/h18-19,21H,5-17H2,1-4H3. The molecule has 0 aromatic carbocycles. The van der Waals surface area contributed by atoms with Crippen LogP contribution in [0.3, 0.4) is 0 Å². The molecule has 0 spiro atoms. The lowest BCUT2D eigenvalue weighted by Crippen LogP contribution is -2.38. The van der Waals surface area contributed by atoms with Crippen LogP contribution in [-0.2, 0) is 0 Å². The lowest BCUT2D eigenvalue weighted by Gasteiger charge is -2.38. The summed E-state index contributed by atoms with van der Waals surface area (Å²) >= 11 is 0. The minimum Gasteiger partial charge on any atom is -0.314 e. The second-order valence-electron chi connectivity index (χ2n) is 8.36. The van der Waals surface area contributed by atoms with Gasteiger partial charge in [-0.3, -0.25) is 0 Å². The Morgan fingerprint density at radius 2 is 1.48 bits per heavy atom.